The number of aromatic hydroxyl groups is 1. The van der Waals surface area contributed by atoms with Crippen LogP contribution in [0.5, 0.6) is 5.75 Å². The van der Waals surface area contributed by atoms with Gasteiger partial charge in [0, 0.05) is 24.9 Å². The second kappa shape index (κ2) is 7.52. The van der Waals surface area contributed by atoms with Crippen LogP contribution in [0.3, 0.4) is 0 Å². The number of ketones is 1. The molecule has 2 aliphatic rings. The topological polar surface area (TPSA) is 97.6 Å². The lowest BCUT2D eigenvalue weighted by Crippen LogP contribution is -2.52. The van der Waals surface area contributed by atoms with E-state index >= 15 is 0 Å². The monoisotopic (exact) mass is 436 g/mol. The van der Waals surface area contributed by atoms with Crippen LogP contribution in [0.1, 0.15) is 46.2 Å². The van der Waals surface area contributed by atoms with Crippen LogP contribution in [0.15, 0.2) is 23.1 Å². The molecule has 0 radical (unpaired) electrons. The van der Waals surface area contributed by atoms with Crippen molar-refractivity contribution in [3.05, 3.63) is 62.8 Å². The van der Waals surface area contributed by atoms with E-state index in [-0.39, 0.29) is 17.8 Å². The van der Waals surface area contributed by atoms with Crippen molar-refractivity contribution in [2.75, 3.05) is 6.61 Å². The van der Waals surface area contributed by atoms with E-state index in [1.807, 2.05) is 0 Å². The first-order valence-corrected chi connectivity index (χ1v) is 9.68. The predicted molar refractivity (Wildman–Crippen MR) is 101 cm³/mol. The number of amides is 1. The van der Waals surface area contributed by atoms with Gasteiger partial charge in [-0.05, 0) is 25.8 Å². The van der Waals surface area contributed by atoms with Gasteiger partial charge in [-0.25, -0.2) is 13.2 Å². The Morgan fingerprint density at radius 2 is 2.03 bits per heavy atom. The molecule has 2 aromatic rings. The van der Waals surface area contributed by atoms with Crippen molar-refractivity contribution in [3.63, 3.8) is 0 Å². The normalized spacial score (nSPS) is 22.6. The Balaban J connectivity index is 1.64. The minimum Gasteiger partial charge on any atom is -0.503 e. The Kier molecular flexibility index (Phi) is 5.12. The zero-order chi connectivity index (χ0) is 22.5. The fourth-order valence-corrected chi connectivity index (χ4v) is 4.14. The molecule has 7 nitrogen and oxygen atoms in total. The van der Waals surface area contributed by atoms with Crippen LogP contribution >= 0.6 is 0 Å². The summed E-state index contributed by atoms with van der Waals surface area (Å²) in [6.07, 6.45) is 1.89. The summed E-state index contributed by atoms with van der Waals surface area (Å²) in [7, 11) is 0. The Morgan fingerprint density at radius 1 is 1.29 bits per heavy atom. The molecular weight excluding hydrogens is 417 g/mol. The van der Waals surface area contributed by atoms with E-state index in [1.165, 1.54) is 4.57 Å². The molecule has 2 aliphatic heterocycles. The number of carbonyl (C=O) groups excluding carboxylic acids is 2. The van der Waals surface area contributed by atoms with Gasteiger partial charge in [0.25, 0.3) is 5.91 Å². The summed E-state index contributed by atoms with van der Waals surface area (Å²) >= 11 is 0. The van der Waals surface area contributed by atoms with E-state index in [2.05, 4.69) is 5.32 Å². The van der Waals surface area contributed by atoms with Gasteiger partial charge in [-0.15, -0.1) is 0 Å². The number of aromatic nitrogens is 1. The average molecular weight is 436 g/mol. The number of halogens is 3. The number of pyridine rings is 1. The van der Waals surface area contributed by atoms with Crippen molar-refractivity contribution in [2.24, 2.45) is 5.41 Å². The highest BCUT2D eigenvalue weighted by molar-refractivity contribution is 6.03. The van der Waals surface area contributed by atoms with Crippen LogP contribution in [-0.2, 0) is 17.8 Å². The second-order valence-electron chi connectivity index (χ2n) is 7.95. The van der Waals surface area contributed by atoms with Crippen molar-refractivity contribution in [1.82, 2.24) is 9.88 Å². The number of fused-ring (bicyclic) bond motifs is 2. The third kappa shape index (κ3) is 3.31. The number of nitrogens with one attached hydrogen (secondary N) is 1. The molecule has 2 atom stereocenters. The lowest BCUT2D eigenvalue weighted by Gasteiger charge is -2.44. The highest BCUT2D eigenvalue weighted by atomic mass is 19.2. The van der Waals surface area contributed by atoms with Gasteiger partial charge >= 0.3 is 0 Å². The van der Waals surface area contributed by atoms with Gasteiger partial charge in [0.1, 0.15) is 11.3 Å². The van der Waals surface area contributed by atoms with E-state index in [9.17, 15) is 32.7 Å². The number of hydrogen-bond acceptors (Lipinski definition) is 5. The lowest BCUT2D eigenvalue weighted by atomic mass is 9.71. The van der Waals surface area contributed by atoms with Crippen LogP contribution in [-0.4, -0.2) is 34.1 Å². The van der Waals surface area contributed by atoms with Crippen LogP contribution in [0.2, 0.25) is 0 Å². The Labute approximate surface area is 174 Å². The summed E-state index contributed by atoms with van der Waals surface area (Å²) in [5, 5.41) is 12.7. The first kappa shape index (κ1) is 21.1. The molecule has 3 heterocycles. The zero-order valence-electron chi connectivity index (χ0n) is 16.5. The minimum atomic E-state index is -1.67. The summed E-state index contributed by atoms with van der Waals surface area (Å²) in [5.41, 5.74) is -2.91. The summed E-state index contributed by atoms with van der Waals surface area (Å²) in [6.45, 7) is 1.84. The van der Waals surface area contributed by atoms with Crippen molar-refractivity contribution < 1.29 is 32.6 Å². The smallest absolute Gasteiger partial charge is 0.257 e. The Hall–Kier alpha value is -3.14. The fraction of sp³-hybridized carbons (Fsp3) is 0.381. The fourth-order valence-electron chi connectivity index (χ4n) is 4.14. The van der Waals surface area contributed by atoms with Gasteiger partial charge in [0.15, 0.2) is 29.0 Å². The molecule has 0 unspecified atom stereocenters. The molecule has 164 valence electrons. The summed E-state index contributed by atoms with van der Waals surface area (Å²) in [5.74, 6) is -6.75. The molecule has 1 aromatic heterocycles. The Bertz CT molecular complexity index is 1160. The predicted octanol–water partition coefficient (Wildman–Crippen LogP) is 2.28. The first-order chi connectivity index (χ1) is 14.6. The maximum Gasteiger partial charge on any atom is 0.257 e. The number of ether oxygens (including phenoxy) is 1. The van der Waals surface area contributed by atoms with Gasteiger partial charge in [-0.3, -0.25) is 14.4 Å². The SMILES string of the molecule is C[C@@]12CCCO[C@@H]1Cn1cc(C(=O)NCc3ccc(F)c(F)c3F)c(=O)c(O)c1C2=O. The van der Waals surface area contributed by atoms with E-state index in [0.717, 1.165) is 12.3 Å². The lowest BCUT2D eigenvalue weighted by molar-refractivity contribution is -0.0740. The van der Waals surface area contributed by atoms with Crippen molar-refractivity contribution >= 4 is 11.7 Å². The number of carbonyl (C=O) groups is 2. The Morgan fingerprint density at radius 3 is 2.77 bits per heavy atom. The van der Waals surface area contributed by atoms with Crippen LogP contribution in [0, 0.1) is 22.9 Å². The van der Waals surface area contributed by atoms with Crippen molar-refractivity contribution in [2.45, 2.75) is 39.0 Å². The number of hydrogen-bond donors (Lipinski definition) is 2. The molecular formula is C21H19F3N2O5. The van der Waals surface area contributed by atoms with E-state index in [1.54, 1.807) is 6.92 Å². The number of Topliss-reactive ketones (excluding diaryl/α,β-unsaturated/α-hetero) is 1. The van der Waals surface area contributed by atoms with Crippen LogP contribution < -0.4 is 10.7 Å². The summed E-state index contributed by atoms with van der Waals surface area (Å²) < 4.78 is 47.2. The van der Waals surface area contributed by atoms with Gasteiger partial charge in [0.05, 0.1) is 18.1 Å². The first-order valence-electron chi connectivity index (χ1n) is 9.68. The summed E-state index contributed by atoms with van der Waals surface area (Å²) in [6, 6.07) is 1.68. The maximum absolute atomic E-state index is 13.8. The van der Waals surface area contributed by atoms with Gasteiger partial charge < -0.3 is 19.7 Å². The molecule has 0 saturated carbocycles. The molecule has 10 heteroatoms. The quantitative estimate of drug-likeness (QED) is 0.720. The van der Waals surface area contributed by atoms with Gasteiger partial charge in [-0.1, -0.05) is 6.07 Å². The van der Waals surface area contributed by atoms with Crippen molar-refractivity contribution in [3.8, 4) is 5.75 Å². The minimum absolute atomic E-state index is 0.156. The molecule has 0 aliphatic carbocycles. The molecule has 4 rings (SSSR count). The molecule has 31 heavy (non-hydrogen) atoms. The standard InChI is InChI=1S/C21H19F3N2O5/c1-21-5-2-6-31-13(21)9-26-8-11(17(27)18(28)16(26)19(21)29)20(30)25-7-10-3-4-12(22)15(24)14(10)23/h3-4,8,13,28H,2,5-7,9H2,1H3,(H,25,30)/t13-,21-/m1/s1. The molecule has 1 fully saturated rings. The molecule has 1 saturated heterocycles. The maximum atomic E-state index is 13.8. The van der Waals surface area contributed by atoms with E-state index < -0.39 is 63.9 Å². The van der Waals surface area contributed by atoms with E-state index in [0.29, 0.717) is 25.5 Å². The van der Waals surface area contributed by atoms with Crippen LogP contribution in [0.4, 0.5) is 13.2 Å². The van der Waals surface area contributed by atoms with Gasteiger partial charge in [0.2, 0.25) is 5.43 Å². The van der Waals surface area contributed by atoms with E-state index in [4.69, 9.17) is 4.74 Å². The highest BCUT2D eigenvalue weighted by Gasteiger charge is 2.49. The number of nitrogens with zero attached hydrogens (tertiary/aromatic N) is 1. The largest absolute Gasteiger partial charge is 0.503 e. The molecule has 1 aromatic carbocycles. The number of rotatable bonds is 3. The van der Waals surface area contributed by atoms with Crippen molar-refractivity contribution in [1.29, 1.82) is 0 Å². The summed E-state index contributed by atoms with van der Waals surface area (Å²) in [4.78, 5) is 38.1. The third-order valence-corrected chi connectivity index (χ3v) is 6.02. The molecule has 1 amide bonds. The average Bonchev–Trinajstić information content (AvgIpc) is 2.74. The zero-order valence-corrected chi connectivity index (χ0v) is 16.5. The second-order valence-corrected chi connectivity index (χ2v) is 7.95. The molecule has 2 N–H and O–H groups in total. The van der Waals surface area contributed by atoms with Gasteiger partial charge in [-0.2, -0.15) is 0 Å². The van der Waals surface area contributed by atoms with Crippen LogP contribution in [0.25, 0.3) is 0 Å². The molecule has 0 spiro atoms. The highest BCUT2D eigenvalue weighted by Crippen LogP contribution is 2.42. The molecule has 0 bridgehead atoms. The third-order valence-electron chi connectivity index (χ3n) is 6.02. The number of benzene rings is 1.